The number of carbonyl (C=O) groups excluding carboxylic acids is 1. The van der Waals surface area contributed by atoms with E-state index in [1.165, 1.54) is 0 Å². The standard InChI is InChI=1S/C12H9BrF3NO3/c13-8-2-1-6-5-17(11(20)12(14,15)16)9(10(18)19)4-7(6)3-8/h1-3,9H,4-5H2,(H,18,19). The van der Waals surface area contributed by atoms with Crippen LogP contribution in [-0.2, 0) is 22.6 Å². The van der Waals surface area contributed by atoms with Crippen molar-refractivity contribution in [3.05, 3.63) is 33.8 Å². The molecule has 4 nitrogen and oxygen atoms in total. The quantitative estimate of drug-likeness (QED) is 0.844. The van der Waals surface area contributed by atoms with E-state index in [0.29, 0.717) is 20.5 Å². The monoisotopic (exact) mass is 351 g/mol. The predicted molar refractivity (Wildman–Crippen MR) is 65.9 cm³/mol. The Labute approximate surface area is 120 Å². The predicted octanol–water partition coefficient (Wildman–Crippen LogP) is 2.35. The Bertz CT molecular complexity index is 574. The molecule has 20 heavy (non-hydrogen) atoms. The van der Waals surface area contributed by atoms with Crippen LogP contribution in [0.25, 0.3) is 0 Å². The smallest absolute Gasteiger partial charge is 0.471 e. The lowest BCUT2D eigenvalue weighted by Crippen LogP contribution is -2.52. The molecule has 1 atom stereocenters. The first-order valence-corrected chi connectivity index (χ1v) is 6.37. The summed E-state index contributed by atoms with van der Waals surface area (Å²) in [4.78, 5) is 22.8. The van der Waals surface area contributed by atoms with Crippen molar-refractivity contribution in [1.29, 1.82) is 0 Å². The van der Waals surface area contributed by atoms with E-state index in [1.807, 2.05) is 0 Å². The Morgan fingerprint density at radius 1 is 1.30 bits per heavy atom. The van der Waals surface area contributed by atoms with Gasteiger partial charge < -0.3 is 10.0 Å². The van der Waals surface area contributed by atoms with Gasteiger partial charge in [-0.25, -0.2) is 4.79 Å². The molecular formula is C12H9BrF3NO3. The van der Waals surface area contributed by atoms with Crippen molar-refractivity contribution < 1.29 is 27.9 Å². The Balaban J connectivity index is 2.40. The number of hydrogen-bond acceptors (Lipinski definition) is 2. The SMILES string of the molecule is O=C(O)C1Cc2cc(Br)ccc2CN1C(=O)C(F)(F)F. The van der Waals surface area contributed by atoms with Crippen LogP contribution >= 0.6 is 15.9 Å². The molecule has 1 unspecified atom stereocenters. The third kappa shape index (κ3) is 2.79. The van der Waals surface area contributed by atoms with Gasteiger partial charge in [0.15, 0.2) is 0 Å². The van der Waals surface area contributed by atoms with Crippen LogP contribution in [0, 0.1) is 0 Å². The second kappa shape index (κ2) is 5.08. The van der Waals surface area contributed by atoms with Crippen LogP contribution in [0.4, 0.5) is 13.2 Å². The Kier molecular flexibility index (Phi) is 3.77. The lowest BCUT2D eigenvalue weighted by atomic mass is 9.94. The number of rotatable bonds is 1. The first-order valence-electron chi connectivity index (χ1n) is 5.58. The first kappa shape index (κ1) is 14.8. The summed E-state index contributed by atoms with van der Waals surface area (Å²) in [5, 5.41) is 9.05. The largest absolute Gasteiger partial charge is 0.480 e. The molecule has 0 aromatic heterocycles. The number of carboxylic acids is 1. The van der Waals surface area contributed by atoms with Gasteiger partial charge in [-0.2, -0.15) is 13.2 Å². The van der Waals surface area contributed by atoms with E-state index in [1.54, 1.807) is 18.2 Å². The molecule has 0 saturated heterocycles. The van der Waals surface area contributed by atoms with Gasteiger partial charge in [0.1, 0.15) is 6.04 Å². The summed E-state index contributed by atoms with van der Waals surface area (Å²) in [6.45, 7) is -0.363. The number of carboxylic acid groups (broad SMARTS) is 1. The van der Waals surface area contributed by atoms with Crippen molar-refractivity contribution in [3.8, 4) is 0 Å². The van der Waals surface area contributed by atoms with E-state index in [9.17, 15) is 22.8 Å². The summed E-state index contributed by atoms with van der Waals surface area (Å²) >= 11 is 3.22. The molecule has 0 saturated carbocycles. The number of alkyl halides is 3. The van der Waals surface area contributed by atoms with Gasteiger partial charge in [-0.05, 0) is 23.3 Å². The van der Waals surface area contributed by atoms with Crippen LogP contribution < -0.4 is 0 Å². The van der Waals surface area contributed by atoms with E-state index < -0.39 is 24.1 Å². The molecule has 108 valence electrons. The van der Waals surface area contributed by atoms with Gasteiger partial charge in [0, 0.05) is 17.4 Å². The molecule has 0 bridgehead atoms. The third-order valence-corrected chi connectivity index (χ3v) is 3.58. The molecule has 1 heterocycles. The van der Waals surface area contributed by atoms with Crippen LogP contribution in [0.15, 0.2) is 22.7 Å². The van der Waals surface area contributed by atoms with Crippen molar-refractivity contribution in [2.24, 2.45) is 0 Å². The van der Waals surface area contributed by atoms with E-state index in [-0.39, 0.29) is 13.0 Å². The number of halogens is 4. The molecule has 2 rings (SSSR count). The van der Waals surface area contributed by atoms with E-state index in [0.717, 1.165) is 0 Å². The molecule has 0 radical (unpaired) electrons. The lowest BCUT2D eigenvalue weighted by Gasteiger charge is -2.34. The van der Waals surface area contributed by atoms with Crippen LogP contribution in [0.3, 0.4) is 0 Å². The molecule has 1 aromatic carbocycles. The molecular weight excluding hydrogens is 343 g/mol. The highest BCUT2D eigenvalue weighted by Gasteiger charge is 2.47. The van der Waals surface area contributed by atoms with Gasteiger partial charge in [-0.3, -0.25) is 4.79 Å². The van der Waals surface area contributed by atoms with Crippen LogP contribution in [0.5, 0.6) is 0 Å². The third-order valence-electron chi connectivity index (χ3n) is 3.09. The normalized spacial score (nSPS) is 18.6. The zero-order valence-corrected chi connectivity index (χ0v) is 11.5. The summed E-state index contributed by atoms with van der Waals surface area (Å²) in [6.07, 6.45) is -5.23. The first-order chi connectivity index (χ1) is 9.20. The van der Waals surface area contributed by atoms with E-state index in [2.05, 4.69) is 15.9 Å². The fourth-order valence-electron chi connectivity index (χ4n) is 2.15. The van der Waals surface area contributed by atoms with Gasteiger partial charge in [0.25, 0.3) is 0 Å². The molecule has 1 aliphatic heterocycles. The molecule has 1 aliphatic rings. The molecule has 8 heteroatoms. The van der Waals surface area contributed by atoms with Crippen LogP contribution in [0.1, 0.15) is 11.1 Å². The van der Waals surface area contributed by atoms with Gasteiger partial charge in [-0.15, -0.1) is 0 Å². The lowest BCUT2D eigenvalue weighted by molar-refractivity contribution is -0.191. The topological polar surface area (TPSA) is 57.6 Å². The van der Waals surface area contributed by atoms with Gasteiger partial charge in [-0.1, -0.05) is 22.0 Å². The minimum Gasteiger partial charge on any atom is -0.480 e. The fraction of sp³-hybridized carbons (Fsp3) is 0.333. The maximum Gasteiger partial charge on any atom is 0.471 e. The summed E-state index contributed by atoms with van der Waals surface area (Å²) in [5.41, 5.74) is 1.14. The Morgan fingerprint density at radius 3 is 2.50 bits per heavy atom. The highest BCUT2D eigenvalue weighted by molar-refractivity contribution is 9.10. The number of nitrogens with zero attached hydrogens (tertiary/aromatic N) is 1. The number of hydrogen-bond donors (Lipinski definition) is 1. The molecule has 0 fully saturated rings. The van der Waals surface area contributed by atoms with Crippen LogP contribution in [-0.4, -0.2) is 34.1 Å². The second-order valence-electron chi connectivity index (χ2n) is 4.40. The van der Waals surface area contributed by atoms with Crippen molar-refractivity contribution in [2.75, 3.05) is 0 Å². The Morgan fingerprint density at radius 2 is 1.95 bits per heavy atom. The number of aliphatic carboxylic acids is 1. The molecule has 0 aliphatic carbocycles. The molecule has 0 spiro atoms. The number of carbonyl (C=O) groups is 2. The number of amides is 1. The summed E-state index contributed by atoms with van der Waals surface area (Å²) < 4.78 is 38.3. The van der Waals surface area contributed by atoms with Crippen LogP contribution in [0.2, 0.25) is 0 Å². The van der Waals surface area contributed by atoms with Crippen molar-refractivity contribution in [3.63, 3.8) is 0 Å². The molecule has 1 aromatic rings. The van der Waals surface area contributed by atoms with Crippen molar-refractivity contribution in [1.82, 2.24) is 4.90 Å². The number of benzene rings is 1. The molecule has 1 N–H and O–H groups in total. The zero-order valence-electron chi connectivity index (χ0n) is 9.95. The average Bonchev–Trinajstić information content (AvgIpc) is 2.35. The fourth-order valence-corrected chi connectivity index (χ4v) is 2.56. The highest BCUT2D eigenvalue weighted by Crippen LogP contribution is 2.30. The Hall–Kier alpha value is -1.57. The highest BCUT2D eigenvalue weighted by atomic mass is 79.9. The van der Waals surface area contributed by atoms with Gasteiger partial charge >= 0.3 is 18.1 Å². The van der Waals surface area contributed by atoms with E-state index in [4.69, 9.17) is 5.11 Å². The summed E-state index contributed by atoms with van der Waals surface area (Å²) in [6, 6.07) is 3.36. The molecule has 1 amide bonds. The maximum atomic E-state index is 12.5. The van der Waals surface area contributed by atoms with E-state index >= 15 is 0 Å². The minimum absolute atomic E-state index is 0.147. The maximum absolute atomic E-state index is 12.5. The second-order valence-corrected chi connectivity index (χ2v) is 5.32. The minimum atomic E-state index is -5.08. The van der Waals surface area contributed by atoms with Crippen molar-refractivity contribution in [2.45, 2.75) is 25.2 Å². The number of fused-ring (bicyclic) bond motifs is 1. The zero-order chi connectivity index (χ0) is 15.1. The summed E-state index contributed by atoms with van der Waals surface area (Å²) in [5.74, 6) is -3.58. The average molecular weight is 352 g/mol. The summed E-state index contributed by atoms with van der Waals surface area (Å²) in [7, 11) is 0. The van der Waals surface area contributed by atoms with Gasteiger partial charge in [0.2, 0.25) is 0 Å². The van der Waals surface area contributed by atoms with Gasteiger partial charge in [0.05, 0.1) is 0 Å². The van der Waals surface area contributed by atoms with Crippen molar-refractivity contribution >= 4 is 27.8 Å².